The predicted molar refractivity (Wildman–Crippen MR) is 82.9 cm³/mol. The minimum absolute atomic E-state index is 0.0518. The molecule has 0 bridgehead atoms. The molecule has 0 aliphatic carbocycles. The highest BCUT2D eigenvalue weighted by molar-refractivity contribution is 5.59. The Morgan fingerprint density at radius 2 is 1.79 bits per heavy atom. The zero-order valence-electron chi connectivity index (χ0n) is 13.2. The lowest BCUT2D eigenvalue weighted by atomic mass is 9.97. The number of hydrogen-bond donors (Lipinski definition) is 2. The quantitative estimate of drug-likeness (QED) is 0.781. The molecule has 1 aromatic rings. The van der Waals surface area contributed by atoms with Crippen molar-refractivity contribution < 1.29 is 0 Å². The minimum Gasteiger partial charge on any atom is -0.370 e. The van der Waals surface area contributed by atoms with Gasteiger partial charge in [-0.3, -0.25) is 0 Å². The van der Waals surface area contributed by atoms with Crippen molar-refractivity contribution in [2.75, 3.05) is 17.2 Å². The van der Waals surface area contributed by atoms with Gasteiger partial charge in [-0.05, 0) is 33.1 Å². The molecule has 19 heavy (non-hydrogen) atoms. The molecule has 0 amide bonds. The van der Waals surface area contributed by atoms with Gasteiger partial charge in [-0.2, -0.15) is 0 Å². The molecule has 0 atom stereocenters. The third-order valence-electron chi connectivity index (χ3n) is 3.14. The van der Waals surface area contributed by atoms with Crippen molar-refractivity contribution >= 4 is 11.6 Å². The fourth-order valence-electron chi connectivity index (χ4n) is 2.36. The van der Waals surface area contributed by atoms with Crippen LogP contribution < -0.4 is 10.6 Å². The lowest BCUT2D eigenvalue weighted by molar-refractivity contribution is 0.507. The number of nitrogens with zero attached hydrogens (tertiary/aromatic N) is 2. The van der Waals surface area contributed by atoms with Gasteiger partial charge in [0.2, 0.25) is 0 Å². The molecule has 0 unspecified atom stereocenters. The van der Waals surface area contributed by atoms with E-state index in [1.807, 2.05) is 0 Å². The number of aromatic nitrogens is 2. The Bertz CT molecular complexity index is 399. The van der Waals surface area contributed by atoms with E-state index in [-0.39, 0.29) is 5.54 Å². The van der Waals surface area contributed by atoms with E-state index in [1.54, 1.807) is 6.33 Å². The monoisotopic (exact) mass is 264 g/mol. The number of anilines is 2. The lowest BCUT2D eigenvalue weighted by Gasteiger charge is -2.29. The van der Waals surface area contributed by atoms with Crippen LogP contribution in [-0.4, -0.2) is 22.1 Å². The molecule has 1 aromatic heterocycles. The van der Waals surface area contributed by atoms with E-state index >= 15 is 0 Å². The molecule has 0 radical (unpaired) electrons. The smallest absolute Gasteiger partial charge is 0.135 e. The van der Waals surface area contributed by atoms with Crippen LogP contribution in [0.3, 0.4) is 0 Å². The topological polar surface area (TPSA) is 49.8 Å². The lowest BCUT2D eigenvalue weighted by Crippen LogP contribution is -2.32. The Labute approximate surface area is 117 Å². The maximum absolute atomic E-state index is 4.45. The van der Waals surface area contributed by atoms with Crippen LogP contribution in [0.2, 0.25) is 0 Å². The Morgan fingerprint density at radius 3 is 2.32 bits per heavy atom. The number of nitrogens with one attached hydrogen (secondary N) is 2. The molecule has 1 heterocycles. The van der Waals surface area contributed by atoms with Gasteiger partial charge in [-0.25, -0.2) is 9.97 Å². The van der Waals surface area contributed by atoms with E-state index in [1.165, 1.54) is 5.56 Å². The normalized spacial score (nSPS) is 11.7. The first-order chi connectivity index (χ1) is 8.91. The van der Waals surface area contributed by atoms with E-state index in [9.17, 15) is 0 Å². The van der Waals surface area contributed by atoms with Crippen molar-refractivity contribution in [1.82, 2.24) is 9.97 Å². The molecule has 0 spiro atoms. The van der Waals surface area contributed by atoms with Crippen LogP contribution in [0.5, 0.6) is 0 Å². The van der Waals surface area contributed by atoms with E-state index in [0.29, 0.717) is 5.92 Å². The van der Waals surface area contributed by atoms with Crippen LogP contribution in [0.15, 0.2) is 6.33 Å². The third-order valence-corrected chi connectivity index (χ3v) is 3.14. The molecule has 4 nitrogen and oxygen atoms in total. The summed E-state index contributed by atoms with van der Waals surface area (Å²) in [6.45, 7) is 14.0. The standard InChI is InChI=1S/C15H28N4/c1-7-9-15(5,6)19-14-12(11(3)4)13(16-8-2)17-10-18-14/h10-11H,7-9H2,1-6H3,(H2,16,17,18,19). The molecule has 1 rings (SSSR count). The fourth-order valence-corrected chi connectivity index (χ4v) is 2.36. The minimum atomic E-state index is 0.0518. The predicted octanol–water partition coefficient (Wildman–Crippen LogP) is 4.02. The molecule has 0 fully saturated rings. The maximum atomic E-state index is 4.45. The van der Waals surface area contributed by atoms with Gasteiger partial charge in [0.1, 0.15) is 18.0 Å². The van der Waals surface area contributed by atoms with E-state index < -0.39 is 0 Å². The Balaban J connectivity index is 3.09. The SMILES string of the molecule is CCCC(C)(C)Nc1ncnc(NCC)c1C(C)C. The van der Waals surface area contributed by atoms with Crippen LogP contribution in [0.25, 0.3) is 0 Å². The van der Waals surface area contributed by atoms with Crippen molar-refractivity contribution in [2.45, 2.75) is 65.8 Å². The van der Waals surface area contributed by atoms with Gasteiger partial charge in [0.05, 0.1) is 0 Å². The largest absolute Gasteiger partial charge is 0.370 e. The summed E-state index contributed by atoms with van der Waals surface area (Å²) < 4.78 is 0. The average molecular weight is 264 g/mol. The Kier molecular flexibility index (Phi) is 5.58. The second kappa shape index (κ2) is 6.73. The first-order valence-corrected chi connectivity index (χ1v) is 7.28. The summed E-state index contributed by atoms with van der Waals surface area (Å²) in [5.74, 6) is 2.29. The molecular formula is C15H28N4. The Hall–Kier alpha value is -1.32. The first-order valence-electron chi connectivity index (χ1n) is 7.28. The van der Waals surface area contributed by atoms with Crippen LogP contribution in [0.1, 0.15) is 65.9 Å². The van der Waals surface area contributed by atoms with Gasteiger partial charge in [-0.1, -0.05) is 27.2 Å². The number of rotatable bonds is 7. The molecule has 0 saturated carbocycles. The van der Waals surface area contributed by atoms with Crippen molar-refractivity contribution in [1.29, 1.82) is 0 Å². The van der Waals surface area contributed by atoms with Gasteiger partial charge >= 0.3 is 0 Å². The maximum Gasteiger partial charge on any atom is 0.135 e. The summed E-state index contributed by atoms with van der Waals surface area (Å²) >= 11 is 0. The molecule has 0 saturated heterocycles. The van der Waals surface area contributed by atoms with E-state index in [2.05, 4.69) is 62.1 Å². The highest BCUT2D eigenvalue weighted by atomic mass is 15.1. The molecule has 4 heteroatoms. The summed E-state index contributed by atoms with van der Waals surface area (Å²) in [7, 11) is 0. The second-order valence-corrected chi connectivity index (χ2v) is 5.93. The molecule has 0 aromatic carbocycles. The molecule has 0 aliphatic rings. The molecule has 2 N–H and O–H groups in total. The fraction of sp³-hybridized carbons (Fsp3) is 0.733. The highest BCUT2D eigenvalue weighted by Crippen LogP contribution is 2.30. The van der Waals surface area contributed by atoms with Crippen molar-refractivity contribution in [2.24, 2.45) is 0 Å². The van der Waals surface area contributed by atoms with Gasteiger partial charge in [-0.15, -0.1) is 0 Å². The van der Waals surface area contributed by atoms with Crippen LogP contribution in [0.4, 0.5) is 11.6 Å². The average Bonchev–Trinajstić information content (AvgIpc) is 2.28. The van der Waals surface area contributed by atoms with Gasteiger partial charge in [0, 0.05) is 17.6 Å². The zero-order chi connectivity index (χ0) is 14.5. The summed E-state index contributed by atoms with van der Waals surface area (Å²) in [5.41, 5.74) is 1.23. The van der Waals surface area contributed by atoms with Crippen LogP contribution >= 0.6 is 0 Å². The molecule has 0 aliphatic heterocycles. The van der Waals surface area contributed by atoms with Crippen molar-refractivity contribution in [3.63, 3.8) is 0 Å². The summed E-state index contributed by atoms with van der Waals surface area (Å²) in [6, 6.07) is 0. The van der Waals surface area contributed by atoms with Crippen LogP contribution in [0, 0.1) is 0 Å². The molecular weight excluding hydrogens is 236 g/mol. The second-order valence-electron chi connectivity index (χ2n) is 5.93. The van der Waals surface area contributed by atoms with Gasteiger partial charge in [0.25, 0.3) is 0 Å². The van der Waals surface area contributed by atoms with Crippen molar-refractivity contribution in [3.8, 4) is 0 Å². The Morgan fingerprint density at radius 1 is 1.16 bits per heavy atom. The van der Waals surface area contributed by atoms with E-state index in [4.69, 9.17) is 0 Å². The van der Waals surface area contributed by atoms with Crippen molar-refractivity contribution in [3.05, 3.63) is 11.9 Å². The van der Waals surface area contributed by atoms with Crippen LogP contribution in [-0.2, 0) is 0 Å². The van der Waals surface area contributed by atoms with Gasteiger partial charge < -0.3 is 10.6 Å². The van der Waals surface area contributed by atoms with E-state index in [0.717, 1.165) is 31.0 Å². The third kappa shape index (κ3) is 4.37. The van der Waals surface area contributed by atoms with Gasteiger partial charge in [0.15, 0.2) is 0 Å². The molecule has 108 valence electrons. The highest BCUT2D eigenvalue weighted by Gasteiger charge is 2.21. The first kappa shape index (κ1) is 15.7. The number of hydrogen-bond acceptors (Lipinski definition) is 4. The summed E-state index contributed by atoms with van der Waals surface area (Å²) in [4.78, 5) is 8.81. The zero-order valence-corrected chi connectivity index (χ0v) is 13.2. The summed E-state index contributed by atoms with van der Waals surface area (Å²) in [6.07, 6.45) is 3.90. The summed E-state index contributed by atoms with van der Waals surface area (Å²) in [5, 5.41) is 6.90.